The van der Waals surface area contributed by atoms with Crippen molar-refractivity contribution in [1.29, 1.82) is 0 Å². The van der Waals surface area contributed by atoms with E-state index in [1.54, 1.807) is 19.2 Å². The Morgan fingerprint density at radius 1 is 1.61 bits per heavy atom. The van der Waals surface area contributed by atoms with Crippen LogP contribution in [0.3, 0.4) is 0 Å². The van der Waals surface area contributed by atoms with Crippen molar-refractivity contribution in [3.05, 3.63) is 28.8 Å². The van der Waals surface area contributed by atoms with Gasteiger partial charge in [0.1, 0.15) is 11.9 Å². The monoisotopic (exact) mass is 269 g/mol. The van der Waals surface area contributed by atoms with Gasteiger partial charge in [0, 0.05) is 13.2 Å². The van der Waals surface area contributed by atoms with Crippen molar-refractivity contribution in [2.75, 3.05) is 13.7 Å². The van der Waals surface area contributed by atoms with Gasteiger partial charge < -0.3 is 14.8 Å². The molecule has 1 fully saturated rings. The highest BCUT2D eigenvalue weighted by molar-refractivity contribution is 6.32. The molecule has 98 valence electrons. The largest absolute Gasteiger partial charge is 0.495 e. The number of ether oxygens (including phenoxy) is 2. The fourth-order valence-corrected chi connectivity index (χ4v) is 2.19. The third-order valence-corrected chi connectivity index (χ3v) is 3.20. The summed E-state index contributed by atoms with van der Waals surface area (Å²) in [6.07, 6.45) is 1.46. The average Bonchev–Trinajstić information content (AvgIpc) is 2.90. The lowest BCUT2D eigenvalue weighted by Gasteiger charge is -2.11. The van der Waals surface area contributed by atoms with E-state index in [-0.39, 0.29) is 12.0 Å². The molecule has 0 aliphatic carbocycles. The molecule has 5 heteroatoms. The Labute approximate surface area is 111 Å². The third kappa shape index (κ3) is 3.15. The Balaban J connectivity index is 1.89. The molecule has 1 aromatic rings. The number of carbonyl (C=O) groups excluding carboxylic acids is 1. The van der Waals surface area contributed by atoms with Crippen LogP contribution >= 0.6 is 11.6 Å². The first-order chi connectivity index (χ1) is 8.70. The summed E-state index contributed by atoms with van der Waals surface area (Å²) in [7, 11) is 1.57. The van der Waals surface area contributed by atoms with Crippen molar-refractivity contribution >= 4 is 17.5 Å². The van der Waals surface area contributed by atoms with Crippen LogP contribution in [0.4, 0.5) is 0 Å². The van der Waals surface area contributed by atoms with E-state index in [4.69, 9.17) is 21.1 Å². The summed E-state index contributed by atoms with van der Waals surface area (Å²) in [4.78, 5) is 11.7. The fourth-order valence-electron chi connectivity index (χ4n) is 1.91. The first kappa shape index (κ1) is 13.2. The summed E-state index contributed by atoms with van der Waals surface area (Å²) >= 11 is 6.01. The van der Waals surface area contributed by atoms with Crippen molar-refractivity contribution in [2.24, 2.45) is 0 Å². The Morgan fingerprint density at radius 3 is 3.06 bits per heavy atom. The van der Waals surface area contributed by atoms with E-state index >= 15 is 0 Å². The Hall–Kier alpha value is -1.26. The molecule has 0 radical (unpaired) electrons. The van der Waals surface area contributed by atoms with Crippen LogP contribution in [0.2, 0.25) is 5.02 Å². The van der Waals surface area contributed by atoms with Gasteiger partial charge in [-0.15, -0.1) is 0 Å². The molecule has 1 saturated heterocycles. The molecule has 2 rings (SSSR count). The second kappa shape index (κ2) is 6.07. The first-order valence-corrected chi connectivity index (χ1v) is 6.30. The SMILES string of the molecule is COc1ccc(CNC(=O)C2CCCO2)cc1Cl. The van der Waals surface area contributed by atoms with Crippen LogP contribution in [0.1, 0.15) is 18.4 Å². The molecule has 0 aromatic heterocycles. The third-order valence-electron chi connectivity index (χ3n) is 2.91. The van der Waals surface area contributed by atoms with Crippen LogP contribution in [0.5, 0.6) is 5.75 Å². The van der Waals surface area contributed by atoms with Gasteiger partial charge in [0.05, 0.1) is 12.1 Å². The second-order valence-electron chi connectivity index (χ2n) is 4.19. The highest BCUT2D eigenvalue weighted by Gasteiger charge is 2.22. The van der Waals surface area contributed by atoms with E-state index in [9.17, 15) is 4.79 Å². The van der Waals surface area contributed by atoms with E-state index < -0.39 is 0 Å². The molecule has 4 nitrogen and oxygen atoms in total. The predicted molar refractivity (Wildman–Crippen MR) is 68.8 cm³/mol. The number of nitrogens with one attached hydrogen (secondary N) is 1. The second-order valence-corrected chi connectivity index (χ2v) is 4.60. The highest BCUT2D eigenvalue weighted by Crippen LogP contribution is 2.24. The molecule has 1 aliphatic rings. The maximum Gasteiger partial charge on any atom is 0.249 e. The Bertz CT molecular complexity index is 430. The lowest BCUT2D eigenvalue weighted by atomic mass is 10.2. The molecular weight excluding hydrogens is 254 g/mol. The fraction of sp³-hybridized carbons (Fsp3) is 0.462. The normalized spacial score (nSPS) is 18.7. The Morgan fingerprint density at radius 2 is 2.44 bits per heavy atom. The van der Waals surface area contributed by atoms with Gasteiger partial charge in [0.2, 0.25) is 5.91 Å². The van der Waals surface area contributed by atoms with Gasteiger partial charge in [-0.25, -0.2) is 0 Å². The van der Waals surface area contributed by atoms with Crippen LogP contribution in [0, 0.1) is 0 Å². The smallest absolute Gasteiger partial charge is 0.249 e. The zero-order chi connectivity index (χ0) is 13.0. The number of methoxy groups -OCH3 is 1. The number of hydrogen-bond donors (Lipinski definition) is 1. The number of hydrogen-bond acceptors (Lipinski definition) is 3. The maximum absolute atomic E-state index is 11.7. The number of benzene rings is 1. The molecule has 1 aliphatic heterocycles. The summed E-state index contributed by atoms with van der Waals surface area (Å²) in [6, 6.07) is 5.45. The molecule has 1 aromatic carbocycles. The van der Waals surface area contributed by atoms with Crippen molar-refractivity contribution in [3.63, 3.8) is 0 Å². The lowest BCUT2D eigenvalue weighted by Crippen LogP contribution is -2.33. The summed E-state index contributed by atoms with van der Waals surface area (Å²) < 4.78 is 10.4. The zero-order valence-electron chi connectivity index (χ0n) is 10.2. The Kier molecular flexibility index (Phi) is 4.44. The van der Waals surface area contributed by atoms with Gasteiger partial charge in [-0.3, -0.25) is 4.79 Å². The van der Waals surface area contributed by atoms with E-state index in [1.165, 1.54) is 0 Å². The van der Waals surface area contributed by atoms with Crippen molar-refractivity contribution in [1.82, 2.24) is 5.32 Å². The number of rotatable bonds is 4. The van der Waals surface area contributed by atoms with Gasteiger partial charge in [-0.2, -0.15) is 0 Å². The highest BCUT2D eigenvalue weighted by atomic mass is 35.5. The minimum Gasteiger partial charge on any atom is -0.495 e. The van der Waals surface area contributed by atoms with E-state index in [0.29, 0.717) is 23.9 Å². The molecule has 0 saturated carbocycles. The van der Waals surface area contributed by atoms with Gasteiger partial charge in [-0.05, 0) is 30.5 Å². The minimum atomic E-state index is -0.293. The van der Waals surface area contributed by atoms with Crippen LogP contribution in [0.25, 0.3) is 0 Å². The van der Waals surface area contributed by atoms with Gasteiger partial charge in [0.15, 0.2) is 0 Å². The van der Waals surface area contributed by atoms with Crippen LogP contribution in [0.15, 0.2) is 18.2 Å². The van der Waals surface area contributed by atoms with Crippen LogP contribution in [-0.2, 0) is 16.1 Å². The van der Waals surface area contributed by atoms with E-state index in [2.05, 4.69) is 5.32 Å². The molecule has 1 N–H and O–H groups in total. The zero-order valence-corrected chi connectivity index (χ0v) is 11.0. The van der Waals surface area contributed by atoms with E-state index in [0.717, 1.165) is 18.4 Å². The molecule has 1 unspecified atom stereocenters. The van der Waals surface area contributed by atoms with Crippen molar-refractivity contribution in [2.45, 2.75) is 25.5 Å². The topological polar surface area (TPSA) is 47.6 Å². The standard InChI is InChI=1S/C13H16ClNO3/c1-17-11-5-4-9(7-10(11)14)8-15-13(16)12-3-2-6-18-12/h4-5,7,12H,2-3,6,8H2,1H3,(H,15,16). The predicted octanol–water partition coefficient (Wildman–Crippen LogP) is 2.14. The molecule has 0 spiro atoms. The molecule has 1 atom stereocenters. The van der Waals surface area contributed by atoms with Gasteiger partial charge >= 0.3 is 0 Å². The van der Waals surface area contributed by atoms with Crippen LogP contribution in [-0.4, -0.2) is 25.7 Å². The molecular formula is C13H16ClNO3. The van der Waals surface area contributed by atoms with Crippen molar-refractivity contribution < 1.29 is 14.3 Å². The average molecular weight is 270 g/mol. The maximum atomic E-state index is 11.7. The number of amides is 1. The molecule has 1 heterocycles. The lowest BCUT2D eigenvalue weighted by molar-refractivity contribution is -0.130. The number of halogens is 1. The van der Waals surface area contributed by atoms with Gasteiger partial charge in [0.25, 0.3) is 0 Å². The molecule has 1 amide bonds. The van der Waals surface area contributed by atoms with Crippen molar-refractivity contribution in [3.8, 4) is 5.75 Å². The summed E-state index contributed by atoms with van der Waals surface area (Å²) in [5.41, 5.74) is 0.937. The molecule has 18 heavy (non-hydrogen) atoms. The molecule has 0 bridgehead atoms. The van der Waals surface area contributed by atoms with E-state index in [1.807, 2.05) is 6.07 Å². The van der Waals surface area contributed by atoms with Crippen LogP contribution < -0.4 is 10.1 Å². The summed E-state index contributed by atoms with van der Waals surface area (Å²) in [5, 5.41) is 3.39. The minimum absolute atomic E-state index is 0.0561. The summed E-state index contributed by atoms with van der Waals surface area (Å²) in [6.45, 7) is 1.12. The number of carbonyl (C=O) groups is 1. The quantitative estimate of drug-likeness (QED) is 0.911. The summed E-state index contributed by atoms with van der Waals surface area (Å²) in [5.74, 6) is 0.574. The first-order valence-electron chi connectivity index (χ1n) is 5.92. The van der Waals surface area contributed by atoms with Gasteiger partial charge in [-0.1, -0.05) is 17.7 Å².